The number of anilines is 2. The van der Waals surface area contributed by atoms with Crippen LogP contribution in [0.25, 0.3) is 0 Å². The van der Waals surface area contributed by atoms with Gasteiger partial charge in [-0.1, -0.05) is 0 Å². The van der Waals surface area contributed by atoms with E-state index >= 15 is 0 Å². The number of aromatic nitrogens is 1. The number of halogens is 1. The standard InChI is InChI=1S/C9H12IN3O/c10-12-9-2-1-8(7-11-9)13-3-5-14-6-4-13/h1-2,7H,3-6H2,(H,11,12). The average molecular weight is 305 g/mol. The van der Waals surface area contributed by atoms with Crippen molar-refractivity contribution in [2.24, 2.45) is 0 Å². The third kappa shape index (κ3) is 2.27. The fraction of sp³-hybridized carbons (Fsp3) is 0.444. The Morgan fingerprint density at radius 1 is 1.36 bits per heavy atom. The van der Waals surface area contributed by atoms with Crippen LogP contribution in [0, 0.1) is 0 Å². The molecule has 0 bridgehead atoms. The van der Waals surface area contributed by atoms with Crippen molar-refractivity contribution in [3.8, 4) is 0 Å². The molecule has 1 aliphatic rings. The van der Waals surface area contributed by atoms with Crippen molar-refractivity contribution in [3.63, 3.8) is 0 Å². The van der Waals surface area contributed by atoms with E-state index < -0.39 is 0 Å². The summed E-state index contributed by atoms with van der Waals surface area (Å²) in [5.74, 6) is 0.891. The highest BCUT2D eigenvalue weighted by Crippen LogP contribution is 2.16. The van der Waals surface area contributed by atoms with Gasteiger partial charge >= 0.3 is 0 Å². The van der Waals surface area contributed by atoms with Crippen molar-refractivity contribution in [1.82, 2.24) is 4.98 Å². The Labute approximate surface area is 97.1 Å². The van der Waals surface area contributed by atoms with Crippen molar-refractivity contribution in [2.75, 3.05) is 34.7 Å². The lowest BCUT2D eigenvalue weighted by atomic mass is 10.3. The van der Waals surface area contributed by atoms with Crippen molar-refractivity contribution >= 4 is 34.4 Å². The Morgan fingerprint density at radius 3 is 2.71 bits per heavy atom. The van der Waals surface area contributed by atoms with Crippen LogP contribution in [-0.4, -0.2) is 31.3 Å². The van der Waals surface area contributed by atoms with Gasteiger partial charge in [0.05, 0.1) is 48.0 Å². The topological polar surface area (TPSA) is 37.4 Å². The molecule has 1 fully saturated rings. The summed E-state index contributed by atoms with van der Waals surface area (Å²) in [5, 5.41) is 0. The molecule has 0 aliphatic carbocycles. The summed E-state index contributed by atoms with van der Waals surface area (Å²) in [6.45, 7) is 3.54. The quantitative estimate of drug-likeness (QED) is 0.666. The van der Waals surface area contributed by atoms with Gasteiger partial charge in [-0.3, -0.25) is 0 Å². The first-order valence-corrected chi connectivity index (χ1v) is 5.63. The average Bonchev–Trinajstić information content (AvgIpc) is 2.30. The summed E-state index contributed by atoms with van der Waals surface area (Å²) < 4.78 is 8.26. The first-order valence-electron chi connectivity index (χ1n) is 4.55. The van der Waals surface area contributed by atoms with Crippen LogP contribution in [0.3, 0.4) is 0 Å². The van der Waals surface area contributed by atoms with Gasteiger partial charge in [-0.15, -0.1) is 0 Å². The minimum atomic E-state index is 0.812. The van der Waals surface area contributed by atoms with E-state index in [0.29, 0.717) is 0 Å². The van der Waals surface area contributed by atoms with Crippen molar-refractivity contribution in [3.05, 3.63) is 18.3 Å². The van der Waals surface area contributed by atoms with Crippen molar-refractivity contribution < 1.29 is 4.74 Å². The molecule has 1 N–H and O–H groups in total. The fourth-order valence-electron chi connectivity index (χ4n) is 1.45. The van der Waals surface area contributed by atoms with Crippen LogP contribution >= 0.6 is 22.9 Å². The van der Waals surface area contributed by atoms with Crippen LogP contribution < -0.4 is 8.43 Å². The normalized spacial score (nSPS) is 16.8. The Hall–Kier alpha value is -0.560. The molecule has 0 unspecified atom stereocenters. The van der Waals surface area contributed by atoms with Crippen LogP contribution in [-0.2, 0) is 4.74 Å². The zero-order valence-corrected chi connectivity index (χ0v) is 9.90. The summed E-state index contributed by atoms with van der Waals surface area (Å²) in [6.07, 6.45) is 1.90. The predicted molar refractivity (Wildman–Crippen MR) is 64.9 cm³/mol. The molecule has 0 radical (unpaired) electrons. The molecule has 0 saturated carbocycles. The van der Waals surface area contributed by atoms with E-state index in [1.807, 2.05) is 12.3 Å². The zero-order valence-electron chi connectivity index (χ0n) is 7.74. The van der Waals surface area contributed by atoms with Gasteiger partial charge in [0.15, 0.2) is 0 Å². The maximum atomic E-state index is 5.29. The largest absolute Gasteiger partial charge is 0.378 e. The summed E-state index contributed by atoms with van der Waals surface area (Å²) >= 11 is 2.07. The second kappa shape index (κ2) is 4.79. The number of hydrogen-bond donors (Lipinski definition) is 1. The summed E-state index contributed by atoms with van der Waals surface area (Å²) in [6, 6.07) is 4.07. The number of pyridine rings is 1. The van der Waals surface area contributed by atoms with E-state index in [1.165, 1.54) is 5.69 Å². The molecule has 1 saturated heterocycles. The molecule has 0 amide bonds. The minimum Gasteiger partial charge on any atom is -0.378 e. The van der Waals surface area contributed by atoms with Gasteiger partial charge in [0.1, 0.15) is 5.82 Å². The zero-order chi connectivity index (χ0) is 9.80. The van der Waals surface area contributed by atoms with Crippen LogP contribution in [0.5, 0.6) is 0 Å². The smallest absolute Gasteiger partial charge is 0.134 e. The molecule has 4 nitrogen and oxygen atoms in total. The molecular weight excluding hydrogens is 293 g/mol. The highest BCUT2D eigenvalue weighted by molar-refractivity contribution is 14.1. The molecule has 0 spiro atoms. The van der Waals surface area contributed by atoms with Gasteiger partial charge in [-0.25, -0.2) is 4.98 Å². The van der Waals surface area contributed by atoms with Crippen LogP contribution in [0.15, 0.2) is 18.3 Å². The van der Waals surface area contributed by atoms with Crippen molar-refractivity contribution in [2.45, 2.75) is 0 Å². The van der Waals surface area contributed by atoms with Gasteiger partial charge in [-0.2, -0.15) is 0 Å². The molecule has 2 rings (SSSR count). The van der Waals surface area contributed by atoms with Crippen molar-refractivity contribution in [1.29, 1.82) is 0 Å². The molecule has 5 heteroatoms. The van der Waals surface area contributed by atoms with E-state index in [0.717, 1.165) is 32.1 Å². The Balaban J connectivity index is 2.07. The van der Waals surface area contributed by atoms with E-state index in [1.54, 1.807) is 0 Å². The van der Waals surface area contributed by atoms with Gasteiger partial charge in [0.25, 0.3) is 0 Å². The Morgan fingerprint density at radius 2 is 2.14 bits per heavy atom. The van der Waals surface area contributed by atoms with Crippen LogP contribution in [0.4, 0.5) is 11.5 Å². The highest BCUT2D eigenvalue weighted by Gasteiger charge is 2.10. The maximum Gasteiger partial charge on any atom is 0.134 e. The highest BCUT2D eigenvalue weighted by atomic mass is 127. The Bertz CT molecular complexity index is 285. The number of ether oxygens (including phenoxy) is 1. The van der Waals surface area contributed by atoms with E-state index in [9.17, 15) is 0 Å². The lowest BCUT2D eigenvalue weighted by Crippen LogP contribution is -2.36. The minimum absolute atomic E-state index is 0.812. The van der Waals surface area contributed by atoms with Crippen LogP contribution in [0.1, 0.15) is 0 Å². The van der Waals surface area contributed by atoms with Gasteiger partial charge in [-0.05, 0) is 12.1 Å². The molecule has 0 atom stereocenters. The second-order valence-electron chi connectivity index (χ2n) is 3.10. The van der Waals surface area contributed by atoms with Crippen LogP contribution in [0.2, 0.25) is 0 Å². The van der Waals surface area contributed by atoms with Gasteiger partial charge < -0.3 is 13.2 Å². The number of nitrogens with one attached hydrogen (secondary N) is 1. The third-order valence-corrected chi connectivity index (χ3v) is 2.77. The maximum absolute atomic E-state index is 5.29. The monoisotopic (exact) mass is 305 g/mol. The first kappa shape index (κ1) is 9.97. The molecule has 1 aromatic rings. The summed E-state index contributed by atoms with van der Waals surface area (Å²) in [7, 11) is 0. The number of hydrogen-bond acceptors (Lipinski definition) is 4. The second-order valence-corrected chi connectivity index (χ2v) is 3.63. The van der Waals surface area contributed by atoms with E-state index in [4.69, 9.17) is 4.74 Å². The number of morpholine rings is 1. The molecule has 1 aliphatic heterocycles. The number of nitrogens with zero attached hydrogens (tertiary/aromatic N) is 2. The predicted octanol–water partition coefficient (Wildman–Crippen LogP) is 1.68. The molecule has 14 heavy (non-hydrogen) atoms. The number of rotatable bonds is 2. The lowest BCUT2D eigenvalue weighted by Gasteiger charge is -2.28. The van der Waals surface area contributed by atoms with E-state index in [-0.39, 0.29) is 0 Å². The Kier molecular flexibility index (Phi) is 3.41. The molecule has 1 aromatic heterocycles. The fourth-order valence-corrected chi connectivity index (χ4v) is 1.77. The van der Waals surface area contributed by atoms with Gasteiger partial charge in [0, 0.05) is 13.1 Å². The third-order valence-electron chi connectivity index (χ3n) is 2.22. The van der Waals surface area contributed by atoms with Gasteiger partial charge in [0.2, 0.25) is 0 Å². The molecular formula is C9H12IN3O. The SMILES string of the molecule is INc1ccc(N2CCOCC2)cn1. The first-order chi connectivity index (χ1) is 6.90. The summed E-state index contributed by atoms with van der Waals surface area (Å²) in [4.78, 5) is 6.56. The molecule has 76 valence electrons. The van der Waals surface area contributed by atoms with E-state index in [2.05, 4.69) is 42.3 Å². The summed E-state index contributed by atoms with van der Waals surface area (Å²) in [5.41, 5.74) is 1.17. The molecule has 2 heterocycles. The molecule has 0 aromatic carbocycles. The lowest BCUT2D eigenvalue weighted by molar-refractivity contribution is 0.122.